The van der Waals surface area contributed by atoms with Crippen LogP contribution in [0.15, 0.2) is 18.5 Å². The minimum atomic E-state index is -0.0756. The number of carbonyl (C=O) groups is 1. The Morgan fingerprint density at radius 2 is 2.17 bits per heavy atom. The molecule has 1 aromatic rings. The predicted octanol–water partition coefficient (Wildman–Crippen LogP) is -0.0606. The van der Waals surface area contributed by atoms with Crippen LogP contribution in [0.2, 0.25) is 0 Å². The molecule has 6 nitrogen and oxygen atoms in total. The van der Waals surface area contributed by atoms with E-state index in [1.165, 1.54) is 0 Å². The Hall–Kier alpha value is -1.87. The molecule has 1 unspecified atom stereocenters. The second-order valence-electron chi connectivity index (χ2n) is 4.43. The van der Waals surface area contributed by atoms with Crippen LogP contribution in [0.5, 0.6) is 0 Å². The molecule has 0 aromatic carbocycles. The fraction of sp³-hybridized carbons (Fsp3) is 0.583. The van der Waals surface area contributed by atoms with E-state index in [2.05, 4.69) is 16.1 Å². The lowest BCUT2D eigenvalue weighted by molar-refractivity contribution is -0.133. The Balaban J connectivity index is 1.83. The Bertz CT molecular complexity index is 428. The van der Waals surface area contributed by atoms with Gasteiger partial charge in [-0.3, -0.25) is 14.4 Å². The van der Waals surface area contributed by atoms with E-state index in [0.29, 0.717) is 19.6 Å². The minimum Gasteiger partial charge on any atom is -0.339 e. The maximum atomic E-state index is 12.0. The number of aromatic nitrogens is 2. The molecule has 2 heterocycles. The smallest absolute Gasteiger partial charge is 0.244 e. The van der Waals surface area contributed by atoms with Crippen molar-refractivity contribution < 1.29 is 4.79 Å². The average Bonchev–Trinajstić information content (AvgIpc) is 2.91. The second-order valence-corrected chi connectivity index (χ2v) is 4.43. The monoisotopic (exact) mass is 247 g/mol. The van der Waals surface area contributed by atoms with Gasteiger partial charge in [0.05, 0.1) is 12.1 Å². The first-order chi connectivity index (χ1) is 8.70. The Morgan fingerprint density at radius 3 is 2.72 bits per heavy atom. The number of hydrogen-bond acceptors (Lipinski definition) is 4. The molecule has 18 heavy (non-hydrogen) atoms. The number of nitrogens with zero attached hydrogens (tertiary/aromatic N) is 5. The Labute approximate surface area is 106 Å². The maximum absolute atomic E-state index is 12.0. The van der Waals surface area contributed by atoms with Gasteiger partial charge in [-0.2, -0.15) is 10.4 Å². The van der Waals surface area contributed by atoms with Crippen molar-refractivity contribution in [3.05, 3.63) is 18.5 Å². The second kappa shape index (κ2) is 5.65. The molecule has 1 aromatic heterocycles. The molecule has 1 aliphatic rings. The molecule has 1 amide bonds. The van der Waals surface area contributed by atoms with Crippen molar-refractivity contribution >= 4 is 5.91 Å². The van der Waals surface area contributed by atoms with Crippen molar-refractivity contribution in [3.8, 4) is 6.07 Å². The van der Waals surface area contributed by atoms with E-state index in [1.807, 2.05) is 11.8 Å². The molecule has 96 valence electrons. The van der Waals surface area contributed by atoms with Crippen LogP contribution < -0.4 is 0 Å². The average molecular weight is 247 g/mol. The van der Waals surface area contributed by atoms with E-state index < -0.39 is 0 Å². The molecule has 1 aliphatic heterocycles. The third-order valence-electron chi connectivity index (χ3n) is 3.26. The predicted molar refractivity (Wildman–Crippen MR) is 65.5 cm³/mol. The summed E-state index contributed by atoms with van der Waals surface area (Å²) in [6, 6.07) is 3.95. The van der Waals surface area contributed by atoms with Gasteiger partial charge in [0.1, 0.15) is 6.54 Å². The van der Waals surface area contributed by atoms with Crippen LogP contribution in [0.4, 0.5) is 0 Å². The van der Waals surface area contributed by atoms with E-state index >= 15 is 0 Å². The number of piperazine rings is 1. The maximum Gasteiger partial charge on any atom is 0.244 e. The lowest BCUT2D eigenvalue weighted by Gasteiger charge is -2.35. The summed E-state index contributed by atoms with van der Waals surface area (Å²) in [5.74, 6) is 0.0861. The highest BCUT2D eigenvalue weighted by Gasteiger charge is 2.23. The third-order valence-corrected chi connectivity index (χ3v) is 3.26. The first kappa shape index (κ1) is 12.6. The van der Waals surface area contributed by atoms with Gasteiger partial charge in [0.2, 0.25) is 5.91 Å². The SMILES string of the molecule is CC(C#N)N1CCN(C(=O)Cn2cccn2)CC1. The molecule has 0 radical (unpaired) electrons. The van der Waals surface area contributed by atoms with Crippen LogP contribution in [0.3, 0.4) is 0 Å². The summed E-state index contributed by atoms with van der Waals surface area (Å²) in [7, 11) is 0. The first-order valence-corrected chi connectivity index (χ1v) is 6.09. The Morgan fingerprint density at radius 1 is 1.44 bits per heavy atom. The van der Waals surface area contributed by atoms with Gasteiger partial charge in [0.15, 0.2) is 0 Å². The van der Waals surface area contributed by atoms with Gasteiger partial charge in [0, 0.05) is 38.6 Å². The lowest BCUT2D eigenvalue weighted by Crippen LogP contribution is -2.51. The van der Waals surface area contributed by atoms with Crippen molar-refractivity contribution in [3.63, 3.8) is 0 Å². The fourth-order valence-electron chi connectivity index (χ4n) is 2.07. The highest BCUT2D eigenvalue weighted by atomic mass is 16.2. The van der Waals surface area contributed by atoms with Crippen LogP contribution in [0.25, 0.3) is 0 Å². The largest absolute Gasteiger partial charge is 0.339 e. The zero-order valence-electron chi connectivity index (χ0n) is 10.5. The van der Waals surface area contributed by atoms with Gasteiger partial charge in [0.25, 0.3) is 0 Å². The van der Waals surface area contributed by atoms with Crippen molar-refractivity contribution in [1.29, 1.82) is 5.26 Å². The highest BCUT2D eigenvalue weighted by Crippen LogP contribution is 2.06. The summed E-state index contributed by atoms with van der Waals surface area (Å²) < 4.78 is 1.63. The van der Waals surface area contributed by atoms with Crippen molar-refractivity contribution in [1.82, 2.24) is 19.6 Å². The summed E-state index contributed by atoms with van der Waals surface area (Å²) in [6.45, 7) is 5.08. The molecule has 2 rings (SSSR count). The van der Waals surface area contributed by atoms with Crippen LogP contribution in [-0.2, 0) is 11.3 Å². The van der Waals surface area contributed by atoms with Crippen molar-refractivity contribution in [2.75, 3.05) is 26.2 Å². The van der Waals surface area contributed by atoms with E-state index in [4.69, 9.17) is 5.26 Å². The minimum absolute atomic E-state index is 0.0756. The van der Waals surface area contributed by atoms with Crippen LogP contribution in [-0.4, -0.2) is 57.7 Å². The summed E-state index contributed by atoms with van der Waals surface area (Å²) >= 11 is 0. The molecule has 0 spiro atoms. The van der Waals surface area contributed by atoms with Crippen molar-refractivity contribution in [2.45, 2.75) is 19.5 Å². The van der Waals surface area contributed by atoms with Crippen LogP contribution in [0, 0.1) is 11.3 Å². The highest BCUT2D eigenvalue weighted by molar-refractivity contribution is 5.76. The number of amides is 1. The van der Waals surface area contributed by atoms with Gasteiger partial charge < -0.3 is 4.90 Å². The van der Waals surface area contributed by atoms with Crippen molar-refractivity contribution in [2.24, 2.45) is 0 Å². The molecule has 0 N–H and O–H groups in total. The molecular formula is C12H17N5O. The zero-order valence-corrected chi connectivity index (χ0v) is 10.5. The summed E-state index contributed by atoms with van der Waals surface area (Å²) in [5, 5.41) is 12.9. The van der Waals surface area contributed by atoms with Gasteiger partial charge in [-0.05, 0) is 13.0 Å². The topological polar surface area (TPSA) is 65.2 Å². The summed E-state index contributed by atoms with van der Waals surface area (Å²) in [5.41, 5.74) is 0. The third kappa shape index (κ3) is 2.87. The van der Waals surface area contributed by atoms with Gasteiger partial charge in [-0.25, -0.2) is 0 Å². The Kier molecular flexibility index (Phi) is 3.95. The van der Waals surface area contributed by atoms with Crippen LogP contribution in [0.1, 0.15) is 6.92 Å². The van der Waals surface area contributed by atoms with E-state index in [0.717, 1.165) is 13.1 Å². The molecule has 0 saturated carbocycles. The summed E-state index contributed by atoms with van der Waals surface area (Å²) in [6.07, 6.45) is 3.45. The first-order valence-electron chi connectivity index (χ1n) is 6.09. The van der Waals surface area contributed by atoms with E-state index in [1.54, 1.807) is 23.1 Å². The number of rotatable bonds is 3. The standard InChI is InChI=1S/C12H17N5O/c1-11(9-13)15-5-7-16(8-6-15)12(18)10-17-4-2-3-14-17/h2-4,11H,5-8,10H2,1H3. The fourth-order valence-corrected chi connectivity index (χ4v) is 2.07. The molecule has 1 fully saturated rings. The molecule has 1 saturated heterocycles. The number of hydrogen-bond donors (Lipinski definition) is 0. The van der Waals surface area contributed by atoms with Gasteiger partial charge >= 0.3 is 0 Å². The normalized spacial score (nSPS) is 18.3. The quantitative estimate of drug-likeness (QED) is 0.750. The number of nitriles is 1. The zero-order chi connectivity index (χ0) is 13.0. The lowest BCUT2D eigenvalue weighted by atomic mass is 10.2. The van der Waals surface area contributed by atoms with Crippen LogP contribution >= 0.6 is 0 Å². The molecule has 1 atom stereocenters. The molecule has 0 aliphatic carbocycles. The van der Waals surface area contributed by atoms with E-state index in [9.17, 15) is 4.79 Å². The molecular weight excluding hydrogens is 230 g/mol. The summed E-state index contributed by atoms with van der Waals surface area (Å²) in [4.78, 5) is 15.9. The van der Waals surface area contributed by atoms with Gasteiger partial charge in [-0.1, -0.05) is 0 Å². The van der Waals surface area contributed by atoms with E-state index in [-0.39, 0.29) is 11.9 Å². The molecule has 6 heteroatoms. The molecule has 0 bridgehead atoms. The van der Waals surface area contributed by atoms with Gasteiger partial charge in [-0.15, -0.1) is 0 Å². The number of carbonyl (C=O) groups excluding carboxylic acids is 1.